The number of aromatic nitrogens is 2. The number of nitrogens with zero attached hydrogens (tertiary/aromatic N) is 2. The van der Waals surface area contributed by atoms with Crippen molar-refractivity contribution in [1.29, 1.82) is 0 Å². The lowest BCUT2D eigenvalue weighted by atomic mass is 10.3. The van der Waals surface area contributed by atoms with Crippen molar-refractivity contribution in [1.82, 2.24) is 15.1 Å². The largest absolute Gasteiger partial charge is 0.468 e. The molecule has 0 aliphatic rings. The van der Waals surface area contributed by atoms with Crippen LogP contribution in [0.4, 0.5) is 13.2 Å². The van der Waals surface area contributed by atoms with E-state index in [1.165, 1.54) is 12.4 Å². The van der Waals surface area contributed by atoms with E-state index >= 15 is 0 Å². The molecule has 7 heteroatoms. The third-order valence-electron chi connectivity index (χ3n) is 2.24. The number of furan rings is 1. The molecule has 0 unspecified atom stereocenters. The molecule has 0 amide bonds. The Kier molecular flexibility index (Phi) is 3.71. The van der Waals surface area contributed by atoms with E-state index in [1.807, 2.05) is 6.07 Å². The van der Waals surface area contributed by atoms with Gasteiger partial charge in [-0.15, -0.1) is 0 Å². The van der Waals surface area contributed by atoms with E-state index in [0.717, 1.165) is 10.4 Å². The molecule has 2 aromatic rings. The summed E-state index contributed by atoms with van der Waals surface area (Å²) in [5, 5.41) is 6.70. The Bertz CT molecular complexity index is 476. The van der Waals surface area contributed by atoms with Crippen LogP contribution in [0.15, 0.2) is 35.2 Å². The summed E-state index contributed by atoms with van der Waals surface area (Å²) in [6.45, 7) is -0.0960. The van der Waals surface area contributed by atoms with E-state index in [9.17, 15) is 13.2 Å². The summed E-state index contributed by atoms with van der Waals surface area (Å²) >= 11 is 0. The molecule has 2 heterocycles. The van der Waals surface area contributed by atoms with E-state index in [1.54, 1.807) is 12.3 Å². The first kappa shape index (κ1) is 12.7. The maximum absolute atomic E-state index is 12.1. The van der Waals surface area contributed by atoms with Crippen molar-refractivity contribution in [2.24, 2.45) is 0 Å². The number of halogens is 3. The molecular weight excluding hydrogens is 247 g/mol. The van der Waals surface area contributed by atoms with Gasteiger partial charge in [0.2, 0.25) is 0 Å². The first-order valence-corrected chi connectivity index (χ1v) is 5.34. The fourth-order valence-electron chi connectivity index (χ4n) is 1.51. The third-order valence-corrected chi connectivity index (χ3v) is 2.24. The van der Waals surface area contributed by atoms with Crippen LogP contribution < -0.4 is 5.32 Å². The van der Waals surface area contributed by atoms with Crippen LogP contribution in [0.2, 0.25) is 0 Å². The fourth-order valence-corrected chi connectivity index (χ4v) is 1.51. The van der Waals surface area contributed by atoms with Gasteiger partial charge in [0.1, 0.15) is 12.3 Å². The summed E-state index contributed by atoms with van der Waals surface area (Å²) in [6, 6.07) is 3.60. The van der Waals surface area contributed by atoms with Crippen LogP contribution in [0.3, 0.4) is 0 Å². The Balaban J connectivity index is 1.80. The number of nitrogens with one attached hydrogen (secondary N) is 1. The number of alkyl halides is 3. The topological polar surface area (TPSA) is 43.0 Å². The second kappa shape index (κ2) is 5.26. The Hall–Kier alpha value is -1.76. The highest BCUT2D eigenvalue weighted by Crippen LogP contribution is 2.17. The van der Waals surface area contributed by atoms with Gasteiger partial charge in [-0.1, -0.05) is 0 Å². The Morgan fingerprint density at radius 2 is 2.17 bits per heavy atom. The van der Waals surface area contributed by atoms with E-state index in [-0.39, 0.29) is 0 Å². The van der Waals surface area contributed by atoms with Crippen LogP contribution in [-0.4, -0.2) is 16.0 Å². The van der Waals surface area contributed by atoms with Crippen LogP contribution in [-0.2, 0) is 19.6 Å². The van der Waals surface area contributed by atoms with Crippen molar-refractivity contribution >= 4 is 0 Å². The Labute approximate surface area is 101 Å². The van der Waals surface area contributed by atoms with E-state index in [2.05, 4.69) is 10.4 Å². The molecule has 0 atom stereocenters. The van der Waals surface area contributed by atoms with Gasteiger partial charge in [-0.05, 0) is 12.1 Å². The molecule has 0 saturated carbocycles. The van der Waals surface area contributed by atoms with Gasteiger partial charge in [-0.2, -0.15) is 18.3 Å². The van der Waals surface area contributed by atoms with Gasteiger partial charge in [0.15, 0.2) is 0 Å². The van der Waals surface area contributed by atoms with Crippen molar-refractivity contribution in [2.75, 3.05) is 0 Å². The summed E-state index contributed by atoms with van der Waals surface area (Å²) in [4.78, 5) is 0. The summed E-state index contributed by atoms with van der Waals surface area (Å²) in [7, 11) is 0. The SMILES string of the molecule is FC(F)(F)Cn1cc(CNCc2ccco2)cn1. The number of rotatable bonds is 5. The Morgan fingerprint density at radius 3 is 2.83 bits per heavy atom. The summed E-state index contributed by atoms with van der Waals surface area (Å²) in [5.74, 6) is 0.776. The van der Waals surface area contributed by atoms with Gasteiger partial charge < -0.3 is 9.73 Å². The molecule has 0 aliphatic carbocycles. The predicted molar refractivity (Wildman–Crippen MR) is 57.5 cm³/mol. The van der Waals surface area contributed by atoms with E-state index in [4.69, 9.17) is 4.42 Å². The van der Waals surface area contributed by atoms with Crippen molar-refractivity contribution < 1.29 is 17.6 Å². The molecule has 1 N–H and O–H groups in total. The second-order valence-electron chi connectivity index (χ2n) is 3.84. The van der Waals surface area contributed by atoms with Gasteiger partial charge >= 0.3 is 6.18 Å². The fraction of sp³-hybridized carbons (Fsp3) is 0.364. The van der Waals surface area contributed by atoms with Crippen molar-refractivity contribution in [3.8, 4) is 0 Å². The maximum atomic E-state index is 12.1. The van der Waals surface area contributed by atoms with Gasteiger partial charge in [0.25, 0.3) is 0 Å². The number of hydrogen-bond donors (Lipinski definition) is 1. The molecule has 18 heavy (non-hydrogen) atoms. The van der Waals surface area contributed by atoms with Crippen LogP contribution in [0.25, 0.3) is 0 Å². The highest BCUT2D eigenvalue weighted by atomic mass is 19.4. The zero-order valence-corrected chi connectivity index (χ0v) is 9.44. The maximum Gasteiger partial charge on any atom is 0.408 e. The average Bonchev–Trinajstić information content (AvgIpc) is 2.88. The van der Waals surface area contributed by atoms with Crippen LogP contribution in [0.1, 0.15) is 11.3 Å². The molecular formula is C11H12F3N3O. The minimum absolute atomic E-state index is 0.443. The molecule has 0 fully saturated rings. The molecule has 0 bridgehead atoms. The van der Waals surface area contributed by atoms with Crippen LogP contribution >= 0.6 is 0 Å². The van der Waals surface area contributed by atoms with Crippen LogP contribution in [0.5, 0.6) is 0 Å². The zero-order chi connectivity index (χ0) is 13.0. The van der Waals surface area contributed by atoms with Gasteiger partial charge in [0, 0.05) is 18.3 Å². The van der Waals surface area contributed by atoms with Crippen molar-refractivity contribution in [2.45, 2.75) is 25.8 Å². The molecule has 98 valence electrons. The van der Waals surface area contributed by atoms with E-state index in [0.29, 0.717) is 18.7 Å². The van der Waals surface area contributed by atoms with Gasteiger partial charge in [-0.25, -0.2) is 0 Å². The predicted octanol–water partition coefficient (Wildman–Crippen LogP) is 2.33. The molecule has 0 radical (unpaired) electrons. The quantitative estimate of drug-likeness (QED) is 0.896. The lowest BCUT2D eigenvalue weighted by molar-refractivity contribution is -0.142. The summed E-state index contributed by atoms with van der Waals surface area (Å²) in [6.07, 6.45) is 0.118. The van der Waals surface area contributed by atoms with Crippen LogP contribution in [0, 0.1) is 0 Å². The molecule has 2 aromatic heterocycles. The first-order chi connectivity index (χ1) is 8.53. The highest BCUT2D eigenvalue weighted by Gasteiger charge is 2.28. The van der Waals surface area contributed by atoms with E-state index < -0.39 is 12.7 Å². The number of hydrogen-bond acceptors (Lipinski definition) is 3. The molecule has 0 spiro atoms. The monoisotopic (exact) mass is 259 g/mol. The van der Waals surface area contributed by atoms with Gasteiger partial charge in [0.05, 0.1) is 19.0 Å². The zero-order valence-electron chi connectivity index (χ0n) is 9.44. The smallest absolute Gasteiger partial charge is 0.408 e. The van der Waals surface area contributed by atoms with Gasteiger partial charge in [-0.3, -0.25) is 4.68 Å². The molecule has 2 rings (SSSR count). The normalized spacial score (nSPS) is 11.9. The minimum atomic E-state index is -4.25. The highest BCUT2D eigenvalue weighted by molar-refractivity contribution is 5.04. The summed E-state index contributed by atoms with van der Waals surface area (Å²) in [5.41, 5.74) is 0.700. The second-order valence-corrected chi connectivity index (χ2v) is 3.84. The minimum Gasteiger partial charge on any atom is -0.468 e. The Morgan fingerprint density at radius 1 is 1.33 bits per heavy atom. The van der Waals surface area contributed by atoms with Crippen molar-refractivity contribution in [3.05, 3.63) is 42.1 Å². The van der Waals surface area contributed by atoms with Crippen molar-refractivity contribution in [3.63, 3.8) is 0 Å². The molecule has 0 saturated heterocycles. The first-order valence-electron chi connectivity index (χ1n) is 5.34. The lowest BCUT2D eigenvalue weighted by Crippen LogP contribution is -2.18. The third kappa shape index (κ3) is 3.92. The standard InChI is InChI=1S/C11H12F3N3O/c12-11(13,14)8-17-7-9(5-16-17)4-15-6-10-2-1-3-18-10/h1-3,5,7,15H,4,6,8H2. The molecule has 0 aliphatic heterocycles. The molecule has 4 nitrogen and oxygen atoms in total. The average molecular weight is 259 g/mol. The lowest BCUT2D eigenvalue weighted by Gasteiger charge is -2.05. The summed E-state index contributed by atoms with van der Waals surface area (Å²) < 4.78 is 42.3. The molecule has 0 aromatic carbocycles.